The van der Waals surface area contributed by atoms with Crippen LogP contribution in [-0.4, -0.2) is 37.1 Å². The summed E-state index contributed by atoms with van der Waals surface area (Å²) in [6.07, 6.45) is 2.54. The molecule has 7 heteroatoms. The summed E-state index contributed by atoms with van der Waals surface area (Å²) in [4.78, 5) is 35.2. The molecule has 1 aromatic rings. The highest BCUT2D eigenvalue weighted by Crippen LogP contribution is 2.04. The Labute approximate surface area is 133 Å². The number of ether oxygens (including phenoxy) is 2. The van der Waals surface area contributed by atoms with Gasteiger partial charge in [-0.25, -0.2) is 14.0 Å². The molecule has 0 saturated heterocycles. The van der Waals surface area contributed by atoms with E-state index in [0.717, 1.165) is 6.08 Å². The van der Waals surface area contributed by atoms with Crippen molar-refractivity contribution in [1.29, 1.82) is 0 Å². The molecule has 0 radical (unpaired) electrons. The van der Waals surface area contributed by atoms with Crippen LogP contribution in [-0.2, 0) is 23.9 Å². The second-order valence-electron chi connectivity index (χ2n) is 4.33. The fraction of sp³-hybridized carbons (Fsp3) is 0.312. The van der Waals surface area contributed by atoms with Gasteiger partial charge in [0, 0.05) is 6.08 Å². The Balaban J connectivity index is 2.73. The summed E-state index contributed by atoms with van der Waals surface area (Å²) in [5, 5.41) is 2.22. The lowest BCUT2D eigenvalue weighted by atomic mass is 10.2. The van der Waals surface area contributed by atoms with Gasteiger partial charge in [0.05, 0.1) is 13.2 Å². The standard InChI is InChI=1S/C16H18FNO5/c1-3-22-15(20)14(16(21)23-4-2)18-13(19)10-7-11-5-8-12(17)9-6-11/h5-10,14H,3-4H2,1-2H3,(H,18,19)/b10-7+. The lowest BCUT2D eigenvalue weighted by molar-refractivity contribution is -0.159. The van der Waals surface area contributed by atoms with Crippen LogP contribution in [0.25, 0.3) is 6.08 Å². The molecule has 0 atom stereocenters. The summed E-state index contributed by atoms with van der Waals surface area (Å²) in [6.45, 7) is 3.29. The Bertz CT molecular complexity index is 565. The molecule has 0 aromatic heterocycles. The summed E-state index contributed by atoms with van der Waals surface area (Å²) < 4.78 is 22.2. The van der Waals surface area contributed by atoms with E-state index in [1.54, 1.807) is 13.8 Å². The molecule has 1 amide bonds. The summed E-state index contributed by atoms with van der Waals surface area (Å²) >= 11 is 0. The number of amides is 1. The fourth-order valence-corrected chi connectivity index (χ4v) is 1.60. The highest BCUT2D eigenvalue weighted by molar-refractivity contribution is 6.04. The normalized spacial score (nSPS) is 10.6. The third kappa shape index (κ3) is 6.29. The van der Waals surface area contributed by atoms with Gasteiger partial charge in [-0.3, -0.25) is 4.79 Å². The number of benzene rings is 1. The van der Waals surface area contributed by atoms with E-state index in [1.807, 2.05) is 0 Å². The molecule has 0 saturated carbocycles. The molecule has 0 aliphatic rings. The first-order chi connectivity index (χ1) is 11.0. The average Bonchev–Trinajstić information content (AvgIpc) is 2.52. The maximum absolute atomic E-state index is 12.8. The van der Waals surface area contributed by atoms with Crippen LogP contribution in [0.5, 0.6) is 0 Å². The first kappa shape index (κ1) is 18.3. The molecule has 0 aliphatic carbocycles. The molecule has 124 valence electrons. The molecule has 1 rings (SSSR count). The van der Waals surface area contributed by atoms with Gasteiger partial charge in [0.25, 0.3) is 0 Å². The number of rotatable bonds is 7. The maximum atomic E-state index is 12.8. The minimum absolute atomic E-state index is 0.0655. The van der Waals surface area contributed by atoms with E-state index in [4.69, 9.17) is 9.47 Å². The second kappa shape index (κ2) is 9.34. The van der Waals surface area contributed by atoms with Gasteiger partial charge < -0.3 is 14.8 Å². The van der Waals surface area contributed by atoms with Crippen LogP contribution in [0.2, 0.25) is 0 Å². The number of hydrogen-bond donors (Lipinski definition) is 1. The molecular weight excluding hydrogens is 305 g/mol. The van der Waals surface area contributed by atoms with Gasteiger partial charge in [-0.2, -0.15) is 0 Å². The summed E-state index contributed by atoms with van der Waals surface area (Å²) in [7, 11) is 0. The Morgan fingerprint density at radius 2 is 1.61 bits per heavy atom. The van der Waals surface area contributed by atoms with Crippen LogP contribution in [0.15, 0.2) is 30.3 Å². The average molecular weight is 323 g/mol. The Morgan fingerprint density at radius 3 is 2.09 bits per heavy atom. The molecule has 0 bridgehead atoms. The predicted molar refractivity (Wildman–Crippen MR) is 80.6 cm³/mol. The third-order valence-corrected chi connectivity index (χ3v) is 2.63. The molecular formula is C16H18FNO5. The van der Waals surface area contributed by atoms with E-state index in [2.05, 4.69) is 5.32 Å². The van der Waals surface area contributed by atoms with Crippen molar-refractivity contribution in [2.45, 2.75) is 19.9 Å². The Kier molecular flexibility index (Phi) is 7.45. The van der Waals surface area contributed by atoms with Gasteiger partial charge in [-0.1, -0.05) is 12.1 Å². The van der Waals surface area contributed by atoms with Gasteiger partial charge in [-0.05, 0) is 37.6 Å². The van der Waals surface area contributed by atoms with Crippen molar-refractivity contribution < 1.29 is 28.2 Å². The molecule has 0 spiro atoms. The first-order valence-electron chi connectivity index (χ1n) is 7.05. The molecule has 0 unspecified atom stereocenters. The first-order valence-corrected chi connectivity index (χ1v) is 7.05. The number of esters is 2. The zero-order valence-electron chi connectivity index (χ0n) is 12.9. The third-order valence-electron chi connectivity index (χ3n) is 2.63. The summed E-state index contributed by atoms with van der Waals surface area (Å²) in [5.41, 5.74) is 0.588. The van der Waals surface area contributed by atoms with Gasteiger partial charge in [0.2, 0.25) is 11.9 Å². The van der Waals surface area contributed by atoms with Crippen molar-refractivity contribution >= 4 is 23.9 Å². The largest absolute Gasteiger partial charge is 0.464 e. The maximum Gasteiger partial charge on any atom is 0.340 e. The van der Waals surface area contributed by atoms with Crippen molar-refractivity contribution in [2.24, 2.45) is 0 Å². The monoisotopic (exact) mass is 323 g/mol. The second-order valence-corrected chi connectivity index (χ2v) is 4.33. The van der Waals surface area contributed by atoms with Crippen LogP contribution in [0.4, 0.5) is 4.39 Å². The molecule has 0 heterocycles. The topological polar surface area (TPSA) is 81.7 Å². The molecule has 1 aromatic carbocycles. The van der Waals surface area contributed by atoms with Crippen LogP contribution in [0.3, 0.4) is 0 Å². The summed E-state index contributed by atoms with van der Waals surface area (Å²) in [6, 6.07) is 3.93. The van der Waals surface area contributed by atoms with Crippen LogP contribution < -0.4 is 5.32 Å². The van der Waals surface area contributed by atoms with Crippen molar-refractivity contribution in [3.63, 3.8) is 0 Å². The molecule has 23 heavy (non-hydrogen) atoms. The van der Waals surface area contributed by atoms with E-state index < -0.39 is 29.7 Å². The minimum Gasteiger partial charge on any atom is -0.464 e. The van der Waals surface area contributed by atoms with Crippen LogP contribution >= 0.6 is 0 Å². The van der Waals surface area contributed by atoms with Crippen molar-refractivity contribution in [2.75, 3.05) is 13.2 Å². The number of halogens is 1. The lowest BCUT2D eigenvalue weighted by Crippen LogP contribution is -2.47. The van der Waals surface area contributed by atoms with Gasteiger partial charge >= 0.3 is 11.9 Å². The van der Waals surface area contributed by atoms with Crippen LogP contribution in [0.1, 0.15) is 19.4 Å². The molecule has 0 aliphatic heterocycles. The zero-order chi connectivity index (χ0) is 17.2. The van der Waals surface area contributed by atoms with Crippen molar-refractivity contribution in [3.8, 4) is 0 Å². The van der Waals surface area contributed by atoms with E-state index >= 15 is 0 Å². The summed E-state index contributed by atoms with van der Waals surface area (Å²) in [5.74, 6) is -2.86. The number of hydrogen-bond acceptors (Lipinski definition) is 5. The Morgan fingerprint density at radius 1 is 1.09 bits per heavy atom. The number of nitrogens with one attached hydrogen (secondary N) is 1. The molecule has 6 nitrogen and oxygen atoms in total. The number of carbonyl (C=O) groups excluding carboxylic acids is 3. The quantitative estimate of drug-likeness (QED) is 0.466. The van der Waals surface area contributed by atoms with E-state index in [0.29, 0.717) is 5.56 Å². The van der Waals surface area contributed by atoms with Crippen molar-refractivity contribution in [1.82, 2.24) is 5.32 Å². The van der Waals surface area contributed by atoms with E-state index in [9.17, 15) is 18.8 Å². The van der Waals surface area contributed by atoms with Crippen LogP contribution in [0, 0.1) is 5.82 Å². The molecule has 1 N–H and O–H groups in total. The molecule has 0 fully saturated rings. The van der Waals surface area contributed by atoms with Gasteiger partial charge in [-0.15, -0.1) is 0 Å². The van der Waals surface area contributed by atoms with Crippen molar-refractivity contribution in [3.05, 3.63) is 41.7 Å². The lowest BCUT2D eigenvalue weighted by Gasteiger charge is -2.14. The fourth-order valence-electron chi connectivity index (χ4n) is 1.60. The van der Waals surface area contributed by atoms with E-state index in [1.165, 1.54) is 30.3 Å². The Hall–Kier alpha value is -2.70. The minimum atomic E-state index is -1.53. The highest BCUT2D eigenvalue weighted by Gasteiger charge is 2.30. The number of carbonyl (C=O) groups is 3. The van der Waals surface area contributed by atoms with Gasteiger partial charge in [0.1, 0.15) is 5.82 Å². The highest BCUT2D eigenvalue weighted by atomic mass is 19.1. The van der Waals surface area contributed by atoms with Gasteiger partial charge in [0.15, 0.2) is 0 Å². The SMILES string of the molecule is CCOC(=O)C(NC(=O)/C=C/c1ccc(F)cc1)C(=O)OCC. The predicted octanol–water partition coefficient (Wildman–Crippen LogP) is 1.45. The smallest absolute Gasteiger partial charge is 0.340 e. The zero-order valence-corrected chi connectivity index (χ0v) is 12.9. The van der Waals surface area contributed by atoms with E-state index in [-0.39, 0.29) is 13.2 Å².